The molecule has 62 valence electrons. The Hall–Kier alpha value is -0.0800. The molecule has 0 bridgehead atoms. The van der Waals surface area contributed by atoms with E-state index in [0.717, 1.165) is 0 Å². The van der Waals surface area contributed by atoms with Gasteiger partial charge in [0.15, 0.2) is 0 Å². The third kappa shape index (κ3) is 5.22. The van der Waals surface area contributed by atoms with Crippen LogP contribution in [0.25, 0.3) is 0 Å². The zero-order chi connectivity index (χ0) is 9.07. The van der Waals surface area contributed by atoms with E-state index in [1.54, 1.807) is 0 Å². The van der Waals surface area contributed by atoms with E-state index in [1.165, 1.54) is 0 Å². The molecule has 1 N–H and O–H groups in total. The van der Waals surface area contributed by atoms with Crippen LogP contribution in [0.5, 0.6) is 0 Å². The van der Waals surface area contributed by atoms with Crippen LogP contribution in [-0.2, 0) is 0 Å². The summed E-state index contributed by atoms with van der Waals surface area (Å²) in [5.41, 5.74) is 0.245. The molecule has 0 fully saturated rings. The highest BCUT2D eigenvalue weighted by atomic mass is 127. The van der Waals surface area contributed by atoms with Crippen LogP contribution < -0.4 is 0 Å². The predicted molar refractivity (Wildman–Crippen MR) is 53.5 cm³/mol. The van der Waals surface area contributed by atoms with Crippen molar-refractivity contribution in [3.63, 3.8) is 0 Å². The third-order valence-corrected chi connectivity index (χ3v) is 1.66. The molecule has 0 amide bonds. The molecule has 1 unspecified atom stereocenters. The second kappa shape index (κ2) is 4.07. The van der Waals surface area contributed by atoms with Crippen LogP contribution in [-0.4, -0.2) is 14.6 Å². The molecule has 11 heavy (non-hydrogen) atoms. The number of aliphatic hydroxyl groups excluding tert-OH is 1. The summed E-state index contributed by atoms with van der Waals surface area (Å²) in [5, 5.41) is 17.7. The summed E-state index contributed by atoms with van der Waals surface area (Å²) in [4.78, 5) is 0. The number of rotatable bonds is 3. The first-order valence-corrected chi connectivity index (χ1v) is 4.40. The smallest absolute Gasteiger partial charge is 0.0968 e. The van der Waals surface area contributed by atoms with Gasteiger partial charge in [0.25, 0.3) is 0 Å². The fourth-order valence-corrected chi connectivity index (χ4v) is 1.07. The van der Waals surface area contributed by atoms with Gasteiger partial charge in [0.1, 0.15) is 0 Å². The fraction of sp³-hybridized carbons (Fsp3) is 0.625. The predicted octanol–water partition coefficient (Wildman–Crippen LogP) is 2.03. The lowest BCUT2D eigenvalue weighted by Crippen LogP contribution is -2.20. The van der Waals surface area contributed by atoms with Crippen LogP contribution in [0.2, 0.25) is 0 Å². The molecule has 1 atom stereocenters. The van der Waals surface area contributed by atoms with Gasteiger partial charge >= 0.3 is 0 Å². The zero-order valence-electron chi connectivity index (χ0n) is 6.76. The van der Waals surface area contributed by atoms with Crippen molar-refractivity contribution < 1.29 is 5.11 Å². The van der Waals surface area contributed by atoms with E-state index in [1.807, 2.05) is 19.9 Å². The van der Waals surface area contributed by atoms with E-state index in [4.69, 9.17) is 5.26 Å². The summed E-state index contributed by atoms with van der Waals surface area (Å²) >= 11 is 2.23. The van der Waals surface area contributed by atoms with Crippen LogP contribution in [0.15, 0.2) is 12.2 Å². The molecule has 0 aliphatic carbocycles. The van der Waals surface area contributed by atoms with Crippen molar-refractivity contribution in [2.75, 3.05) is 0 Å². The molecule has 0 heterocycles. The molecule has 0 aliphatic rings. The van der Waals surface area contributed by atoms with E-state index in [0.29, 0.717) is 6.42 Å². The van der Waals surface area contributed by atoms with E-state index in [-0.39, 0.29) is 8.99 Å². The Bertz CT molecular complexity index is 187. The first kappa shape index (κ1) is 10.9. The van der Waals surface area contributed by atoms with Crippen molar-refractivity contribution in [3.8, 4) is 6.07 Å². The summed E-state index contributed by atoms with van der Waals surface area (Å²) in [5.74, 6) is 0. The van der Waals surface area contributed by atoms with Gasteiger partial charge < -0.3 is 5.11 Å². The Morgan fingerprint density at radius 1 is 1.82 bits per heavy atom. The summed E-state index contributed by atoms with van der Waals surface area (Å²) < 4.78 is 0.0109. The molecule has 0 saturated carbocycles. The first-order valence-electron chi connectivity index (χ1n) is 3.32. The lowest BCUT2D eigenvalue weighted by Gasteiger charge is -2.19. The van der Waals surface area contributed by atoms with Gasteiger partial charge in [-0.25, -0.2) is 0 Å². The first-order chi connectivity index (χ1) is 4.87. The van der Waals surface area contributed by atoms with E-state index in [9.17, 15) is 5.11 Å². The quantitative estimate of drug-likeness (QED) is 0.482. The normalized spacial score (nSPS) is 13.7. The van der Waals surface area contributed by atoms with E-state index in [2.05, 4.69) is 29.2 Å². The Morgan fingerprint density at radius 2 is 2.27 bits per heavy atom. The number of aliphatic hydroxyl groups is 1. The highest BCUT2D eigenvalue weighted by molar-refractivity contribution is 14.1. The molecule has 0 aromatic heterocycles. The minimum absolute atomic E-state index is 0.0109. The number of nitriles is 1. The van der Waals surface area contributed by atoms with Crippen LogP contribution >= 0.6 is 22.6 Å². The van der Waals surface area contributed by atoms with Gasteiger partial charge in [0.2, 0.25) is 0 Å². The van der Waals surface area contributed by atoms with E-state index < -0.39 is 6.10 Å². The molecule has 0 spiro atoms. The molecular weight excluding hydrogens is 253 g/mol. The minimum Gasteiger partial charge on any atom is -0.388 e. The number of hydrogen-bond donors (Lipinski definition) is 1. The van der Waals surface area contributed by atoms with Gasteiger partial charge in [-0.15, -0.1) is 0 Å². The maximum Gasteiger partial charge on any atom is 0.0968 e. The summed E-state index contributed by atoms with van der Waals surface area (Å²) in [6, 6.07) is 1.84. The van der Waals surface area contributed by atoms with Crippen LogP contribution in [0.3, 0.4) is 0 Å². The highest BCUT2D eigenvalue weighted by Crippen LogP contribution is 2.24. The number of halogens is 1. The standard InChI is InChI=1S/C8H12INO/c1-6(5-10)7(11)4-8(2,3)9/h7,11H,1,4H2,2-3H3. The third-order valence-electron chi connectivity index (χ3n) is 1.22. The lowest BCUT2D eigenvalue weighted by molar-refractivity contribution is 0.197. The van der Waals surface area contributed by atoms with Crippen molar-refractivity contribution >= 4 is 22.6 Å². The minimum atomic E-state index is -0.688. The topological polar surface area (TPSA) is 44.0 Å². The fourth-order valence-electron chi connectivity index (χ4n) is 0.657. The molecule has 0 rings (SSSR count). The summed E-state index contributed by atoms with van der Waals surface area (Å²) in [6.45, 7) is 7.45. The maximum atomic E-state index is 9.33. The van der Waals surface area contributed by atoms with Gasteiger partial charge in [0.05, 0.1) is 17.7 Å². The Labute approximate surface area is 81.1 Å². The van der Waals surface area contributed by atoms with Gasteiger partial charge in [-0.05, 0) is 6.42 Å². The van der Waals surface area contributed by atoms with Gasteiger partial charge in [0, 0.05) is 3.42 Å². The average molecular weight is 265 g/mol. The molecule has 2 nitrogen and oxygen atoms in total. The average Bonchev–Trinajstić information content (AvgIpc) is 1.82. The molecule has 0 saturated heterocycles. The maximum absolute atomic E-state index is 9.33. The molecule has 3 heteroatoms. The Balaban J connectivity index is 4.00. The molecular formula is C8H12INO. The summed E-state index contributed by atoms with van der Waals surface area (Å²) in [6.07, 6.45) is -0.119. The van der Waals surface area contributed by atoms with Gasteiger partial charge in [-0.1, -0.05) is 43.0 Å². The van der Waals surface area contributed by atoms with Crippen LogP contribution in [0.4, 0.5) is 0 Å². The van der Waals surface area contributed by atoms with E-state index >= 15 is 0 Å². The Kier molecular flexibility index (Phi) is 4.04. The summed E-state index contributed by atoms with van der Waals surface area (Å²) in [7, 11) is 0. The van der Waals surface area contributed by atoms with Crippen molar-refractivity contribution in [3.05, 3.63) is 12.2 Å². The Morgan fingerprint density at radius 3 is 2.55 bits per heavy atom. The monoisotopic (exact) mass is 265 g/mol. The molecule has 0 radical (unpaired) electrons. The van der Waals surface area contributed by atoms with Crippen molar-refractivity contribution in [1.29, 1.82) is 5.26 Å². The van der Waals surface area contributed by atoms with Crippen LogP contribution in [0, 0.1) is 11.3 Å². The molecule has 0 aromatic rings. The second-order valence-corrected chi connectivity index (χ2v) is 6.00. The van der Waals surface area contributed by atoms with Gasteiger partial charge in [-0.2, -0.15) is 5.26 Å². The largest absolute Gasteiger partial charge is 0.388 e. The highest BCUT2D eigenvalue weighted by Gasteiger charge is 2.19. The molecule has 0 aliphatic heterocycles. The number of nitrogens with zero attached hydrogens (tertiary/aromatic N) is 1. The second-order valence-electron chi connectivity index (χ2n) is 3.08. The lowest BCUT2D eigenvalue weighted by atomic mass is 10.0. The van der Waals surface area contributed by atoms with Crippen LogP contribution in [0.1, 0.15) is 20.3 Å². The SMILES string of the molecule is C=C(C#N)C(O)CC(C)(C)I. The van der Waals surface area contributed by atoms with Crippen molar-refractivity contribution in [1.82, 2.24) is 0 Å². The number of alkyl halides is 1. The van der Waals surface area contributed by atoms with Crippen molar-refractivity contribution in [2.24, 2.45) is 0 Å². The molecule has 0 aromatic carbocycles. The zero-order valence-corrected chi connectivity index (χ0v) is 8.92. The van der Waals surface area contributed by atoms with Gasteiger partial charge in [-0.3, -0.25) is 0 Å². The number of hydrogen-bond acceptors (Lipinski definition) is 2. The van der Waals surface area contributed by atoms with Crippen molar-refractivity contribution in [2.45, 2.75) is 29.8 Å².